The lowest BCUT2D eigenvalue weighted by atomic mass is 10.00. The lowest BCUT2D eigenvalue weighted by Gasteiger charge is -2.33. The van der Waals surface area contributed by atoms with E-state index < -0.39 is 53.5 Å². The number of unbranched alkanes of at least 4 members (excludes halogenated alkanes) is 1. The normalized spacial score (nSPS) is 19.0. The van der Waals surface area contributed by atoms with Gasteiger partial charge in [0.15, 0.2) is 11.7 Å². The van der Waals surface area contributed by atoms with Crippen molar-refractivity contribution in [2.75, 3.05) is 33.5 Å². The maximum Gasteiger partial charge on any atom is 0.420 e. The smallest absolute Gasteiger partial charge is 0.420 e. The van der Waals surface area contributed by atoms with Gasteiger partial charge in [-0.05, 0) is 69.0 Å². The van der Waals surface area contributed by atoms with Gasteiger partial charge in [-0.25, -0.2) is 14.0 Å². The van der Waals surface area contributed by atoms with Gasteiger partial charge in [0.05, 0.1) is 43.9 Å². The van der Waals surface area contributed by atoms with E-state index >= 15 is 4.39 Å². The molecule has 2 unspecified atom stereocenters. The summed E-state index contributed by atoms with van der Waals surface area (Å²) in [5, 5.41) is 12.5. The van der Waals surface area contributed by atoms with Crippen LogP contribution in [-0.4, -0.2) is 84.8 Å². The van der Waals surface area contributed by atoms with Crippen LogP contribution in [0.2, 0.25) is 0 Å². The molecular weight excluding hydrogens is 623 g/mol. The molecule has 12 nitrogen and oxygen atoms in total. The van der Waals surface area contributed by atoms with Crippen LogP contribution in [0.5, 0.6) is 0 Å². The molecule has 4 atom stereocenters. The van der Waals surface area contributed by atoms with Gasteiger partial charge in [0, 0.05) is 20.1 Å². The van der Waals surface area contributed by atoms with Gasteiger partial charge in [-0.1, -0.05) is 31.5 Å². The Morgan fingerprint density at radius 3 is 2.56 bits per heavy atom. The average molecular weight is 669 g/mol. The lowest BCUT2D eigenvalue weighted by Crippen LogP contribution is -2.51. The van der Waals surface area contributed by atoms with Crippen molar-refractivity contribution in [1.29, 1.82) is 5.26 Å². The SMILES string of the molecule is CCCCOCCn1c(=O)oc2ccc(-c3ccc(C[C@@H](C#N)NC(=O)[C@@H]4CN(C(=O)OC(C)(C)C)C(C)C(OC)CO4)c(F)c3)cc21. The number of nitriles is 1. The first-order valence-corrected chi connectivity index (χ1v) is 16.2. The molecule has 2 aromatic carbocycles. The van der Waals surface area contributed by atoms with Crippen LogP contribution < -0.4 is 11.1 Å². The van der Waals surface area contributed by atoms with Gasteiger partial charge in [0.25, 0.3) is 5.91 Å². The van der Waals surface area contributed by atoms with Gasteiger partial charge in [-0.2, -0.15) is 5.26 Å². The number of nitrogens with zero attached hydrogens (tertiary/aromatic N) is 3. The fourth-order valence-corrected chi connectivity index (χ4v) is 5.40. The molecule has 3 aromatic rings. The predicted molar refractivity (Wildman–Crippen MR) is 176 cm³/mol. The van der Waals surface area contributed by atoms with Crippen LogP contribution in [0.1, 0.15) is 53.0 Å². The second-order valence-electron chi connectivity index (χ2n) is 12.8. The van der Waals surface area contributed by atoms with Crippen molar-refractivity contribution in [3.8, 4) is 17.2 Å². The average Bonchev–Trinajstić information content (AvgIpc) is 3.24. The Hall–Kier alpha value is -4.25. The molecule has 1 fully saturated rings. The molecule has 1 aliphatic heterocycles. The summed E-state index contributed by atoms with van der Waals surface area (Å²) < 4.78 is 44.8. The third-order valence-corrected chi connectivity index (χ3v) is 8.13. The Morgan fingerprint density at radius 2 is 1.90 bits per heavy atom. The number of carbonyl (C=O) groups is 2. The first kappa shape index (κ1) is 36.6. The quantitative estimate of drug-likeness (QED) is 0.269. The molecule has 0 aliphatic carbocycles. The number of methoxy groups -OCH3 is 1. The summed E-state index contributed by atoms with van der Waals surface area (Å²) in [7, 11) is 1.49. The Balaban J connectivity index is 1.45. The number of amides is 2. The highest BCUT2D eigenvalue weighted by molar-refractivity contribution is 5.83. The molecule has 260 valence electrons. The fourth-order valence-electron chi connectivity index (χ4n) is 5.40. The van der Waals surface area contributed by atoms with E-state index in [1.807, 2.05) is 6.07 Å². The molecule has 0 spiro atoms. The van der Waals surface area contributed by atoms with Crippen molar-refractivity contribution in [1.82, 2.24) is 14.8 Å². The van der Waals surface area contributed by atoms with Crippen LogP contribution in [0, 0.1) is 17.1 Å². The summed E-state index contributed by atoms with van der Waals surface area (Å²) in [5.41, 5.74) is 1.69. The van der Waals surface area contributed by atoms with Crippen molar-refractivity contribution in [3.63, 3.8) is 0 Å². The number of oxazole rings is 1. The molecule has 1 N–H and O–H groups in total. The summed E-state index contributed by atoms with van der Waals surface area (Å²) >= 11 is 0. The zero-order valence-electron chi connectivity index (χ0n) is 28.4. The van der Waals surface area contributed by atoms with Gasteiger partial charge in [0.1, 0.15) is 23.6 Å². The summed E-state index contributed by atoms with van der Waals surface area (Å²) in [5.74, 6) is -1.67. The van der Waals surface area contributed by atoms with Crippen molar-refractivity contribution in [3.05, 3.63) is 58.3 Å². The molecule has 0 radical (unpaired) electrons. The van der Waals surface area contributed by atoms with E-state index in [0.717, 1.165) is 12.8 Å². The number of ether oxygens (including phenoxy) is 4. The maximum atomic E-state index is 15.4. The van der Waals surface area contributed by atoms with Crippen molar-refractivity contribution in [2.45, 2.75) is 90.3 Å². The Bertz CT molecular complexity index is 1670. The van der Waals surface area contributed by atoms with Crippen LogP contribution in [0.3, 0.4) is 0 Å². The highest BCUT2D eigenvalue weighted by Crippen LogP contribution is 2.27. The third-order valence-electron chi connectivity index (χ3n) is 8.13. The molecule has 2 amide bonds. The Morgan fingerprint density at radius 1 is 1.17 bits per heavy atom. The summed E-state index contributed by atoms with van der Waals surface area (Å²) in [6.07, 6.45) is -0.397. The van der Waals surface area contributed by atoms with Crippen LogP contribution in [-0.2, 0) is 36.7 Å². The van der Waals surface area contributed by atoms with Gasteiger partial charge in [0.2, 0.25) is 0 Å². The molecule has 13 heteroatoms. The predicted octanol–water partition coefficient (Wildman–Crippen LogP) is 4.81. The lowest BCUT2D eigenvalue weighted by molar-refractivity contribution is -0.134. The van der Waals surface area contributed by atoms with Gasteiger partial charge in [-0.3, -0.25) is 14.3 Å². The first-order valence-electron chi connectivity index (χ1n) is 16.2. The highest BCUT2D eigenvalue weighted by Gasteiger charge is 2.39. The van der Waals surface area contributed by atoms with Gasteiger partial charge < -0.3 is 28.7 Å². The molecule has 4 rings (SSSR count). The van der Waals surface area contributed by atoms with E-state index in [1.54, 1.807) is 58.0 Å². The number of rotatable bonds is 12. The molecule has 1 aliphatic rings. The third kappa shape index (κ3) is 9.21. The summed E-state index contributed by atoms with van der Waals surface area (Å²) in [4.78, 5) is 40.1. The number of hydrogen-bond acceptors (Lipinski definition) is 9. The van der Waals surface area contributed by atoms with Crippen LogP contribution in [0.25, 0.3) is 22.2 Å². The van der Waals surface area contributed by atoms with Gasteiger partial charge >= 0.3 is 11.8 Å². The van der Waals surface area contributed by atoms with Crippen molar-refractivity contribution >= 4 is 23.1 Å². The number of halogens is 1. The minimum Gasteiger partial charge on any atom is -0.444 e. The van der Waals surface area contributed by atoms with Crippen molar-refractivity contribution in [2.24, 2.45) is 0 Å². The Labute approximate surface area is 279 Å². The number of nitrogens with one attached hydrogen (secondary N) is 1. The number of benzene rings is 2. The van der Waals surface area contributed by atoms with Gasteiger partial charge in [-0.15, -0.1) is 0 Å². The molecule has 48 heavy (non-hydrogen) atoms. The van der Waals surface area contributed by atoms with Crippen LogP contribution >= 0.6 is 0 Å². The van der Waals surface area contributed by atoms with E-state index in [0.29, 0.717) is 42.0 Å². The zero-order chi connectivity index (χ0) is 35.0. The molecule has 1 aromatic heterocycles. The van der Waals surface area contributed by atoms with E-state index in [2.05, 4.69) is 12.2 Å². The highest BCUT2D eigenvalue weighted by atomic mass is 19.1. The number of aromatic nitrogens is 1. The Kier molecular flexibility index (Phi) is 12.4. The monoisotopic (exact) mass is 668 g/mol. The zero-order valence-corrected chi connectivity index (χ0v) is 28.4. The molecule has 2 heterocycles. The largest absolute Gasteiger partial charge is 0.444 e. The molecule has 0 bridgehead atoms. The number of fused-ring (bicyclic) bond motifs is 1. The topological polar surface area (TPSA) is 145 Å². The molecular formula is C35H45FN4O8. The standard InChI is InChI=1S/C35H45FN4O8/c1-7-8-14-45-15-13-39-28-18-24(11-12-29(28)47-33(39)42)23-9-10-25(27(36)17-23)16-26(19-37)38-32(41)30-20-40(34(43)48-35(3,4)5)22(2)31(44-6)21-46-30/h9-12,17-18,22,26,30-31H,7-8,13-16,20-21H2,1-6H3,(H,38,41)/t22?,26-,30-,31?/m0/s1. The maximum absolute atomic E-state index is 15.4. The summed E-state index contributed by atoms with van der Waals surface area (Å²) in [6, 6.07) is 10.3. The molecule has 0 saturated carbocycles. The van der Waals surface area contributed by atoms with E-state index in [4.69, 9.17) is 23.4 Å². The van der Waals surface area contributed by atoms with Crippen LogP contribution in [0.15, 0.2) is 45.6 Å². The summed E-state index contributed by atoms with van der Waals surface area (Å²) in [6.45, 7) is 10.3. The minimum absolute atomic E-state index is 0.0375. The van der Waals surface area contributed by atoms with Crippen LogP contribution in [0.4, 0.5) is 9.18 Å². The number of carbonyl (C=O) groups excluding carboxylic acids is 2. The van der Waals surface area contributed by atoms with E-state index in [1.165, 1.54) is 22.6 Å². The van der Waals surface area contributed by atoms with E-state index in [9.17, 15) is 19.6 Å². The molecule has 1 saturated heterocycles. The minimum atomic E-state index is -1.11. The fraction of sp³-hybridized carbons (Fsp3) is 0.543. The second kappa shape index (κ2) is 16.2. The number of hydrogen-bond donors (Lipinski definition) is 1. The first-order chi connectivity index (χ1) is 22.8. The second-order valence-corrected chi connectivity index (χ2v) is 12.8. The van der Waals surface area contributed by atoms with E-state index in [-0.39, 0.29) is 25.1 Å². The van der Waals surface area contributed by atoms with Crippen molar-refractivity contribution < 1.29 is 37.3 Å².